The summed E-state index contributed by atoms with van der Waals surface area (Å²) >= 11 is 0. The molecule has 60 valence electrons. The maximum Gasteiger partial charge on any atom is 0.353 e. The normalized spacial score (nSPS) is 28.4. The lowest BCUT2D eigenvalue weighted by atomic mass is 9.97. The molecule has 0 aromatic rings. The van der Waals surface area contributed by atoms with Crippen LogP contribution in [0, 0.1) is 11.3 Å². The van der Waals surface area contributed by atoms with Crippen molar-refractivity contribution in [2.45, 2.75) is 18.9 Å². The van der Waals surface area contributed by atoms with Gasteiger partial charge in [-0.15, -0.1) is 0 Å². The molecule has 1 unspecified atom stereocenters. The fraction of sp³-hybridized carbons (Fsp3) is 0.714. The summed E-state index contributed by atoms with van der Waals surface area (Å²) in [5, 5.41) is 8.56. The monoisotopic (exact) mass is 155 g/mol. The second-order valence-corrected chi connectivity index (χ2v) is 2.26. The second-order valence-electron chi connectivity index (χ2n) is 2.26. The lowest BCUT2D eigenvalue weighted by molar-refractivity contribution is -0.184. The van der Waals surface area contributed by atoms with E-state index in [1.165, 1.54) is 0 Å². The van der Waals surface area contributed by atoms with Gasteiger partial charge in [0.25, 0.3) is 5.60 Å². The summed E-state index contributed by atoms with van der Waals surface area (Å²) in [7, 11) is 0. The zero-order valence-electron chi connectivity index (χ0n) is 6.29. The number of rotatable bonds is 2. The van der Waals surface area contributed by atoms with Gasteiger partial charge in [-0.05, 0) is 6.92 Å². The van der Waals surface area contributed by atoms with Gasteiger partial charge < -0.3 is 9.47 Å². The van der Waals surface area contributed by atoms with E-state index in [1.807, 2.05) is 0 Å². The lowest BCUT2D eigenvalue weighted by Crippen LogP contribution is -2.50. The highest BCUT2D eigenvalue weighted by Gasteiger charge is 2.48. The smallest absolute Gasteiger partial charge is 0.353 e. The van der Waals surface area contributed by atoms with Gasteiger partial charge in [-0.3, -0.25) is 0 Å². The van der Waals surface area contributed by atoms with Crippen molar-refractivity contribution >= 4 is 5.97 Å². The Kier molecular flexibility index (Phi) is 2.11. The number of carbonyl (C=O) groups is 1. The molecule has 0 spiro atoms. The summed E-state index contributed by atoms with van der Waals surface area (Å²) < 4.78 is 9.50. The van der Waals surface area contributed by atoms with Crippen LogP contribution in [0.3, 0.4) is 0 Å². The van der Waals surface area contributed by atoms with Crippen LogP contribution in [0.5, 0.6) is 0 Å². The van der Waals surface area contributed by atoms with Gasteiger partial charge in [0.05, 0.1) is 13.2 Å². The van der Waals surface area contributed by atoms with E-state index in [4.69, 9.17) is 10.00 Å². The van der Waals surface area contributed by atoms with Gasteiger partial charge >= 0.3 is 5.97 Å². The first-order valence-electron chi connectivity index (χ1n) is 3.47. The van der Waals surface area contributed by atoms with Gasteiger partial charge in [0, 0.05) is 6.42 Å². The van der Waals surface area contributed by atoms with Crippen LogP contribution in [0.1, 0.15) is 13.3 Å². The summed E-state index contributed by atoms with van der Waals surface area (Å²) in [6.07, 6.45) is 0.447. The van der Waals surface area contributed by atoms with Crippen LogP contribution in [-0.4, -0.2) is 24.8 Å². The molecule has 0 bridgehead atoms. The Morgan fingerprint density at radius 2 is 2.55 bits per heavy atom. The van der Waals surface area contributed by atoms with Crippen molar-refractivity contribution in [3.05, 3.63) is 0 Å². The van der Waals surface area contributed by atoms with E-state index in [2.05, 4.69) is 4.74 Å². The Morgan fingerprint density at radius 3 is 2.82 bits per heavy atom. The molecule has 0 N–H and O–H groups in total. The molecule has 1 heterocycles. The van der Waals surface area contributed by atoms with Crippen LogP contribution in [0.4, 0.5) is 0 Å². The molecule has 0 amide bonds. The zero-order valence-corrected chi connectivity index (χ0v) is 6.29. The molecule has 0 radical (unpaired) electrons. The molecule has 0 aromatic heterocycles. The van der Waals surface area contributed by atoms with Crippen molar-refractivity contribution in [1.29, 1.82) is 5.26 Å². The van der Waals surface area contributed by atoms with Crippen LogP contribution in [0.2, 0.25) is 0 Å². The quantitative estimate of drug-likeness (QED) is 0.535. The first kappa shape index (κ1) is 8.02. The first-order valence-corrected chi connectivity index (χ1v) is 3.47. The number of nitrogens with zero attached hydrogens (tertiary/aromatic N) is 1. The lowest BCUT2D eigenvalue weighted by Gasteiger charge is -2.32. The molecule has 1 atom stereocenters. The number of hydrogen-bond acceptors (Lipinski definition) is 4. The molecule has 1 aliphatic rings. The van der Waals surface area contributed by atoms with Crippen molar-refractivity contribution in [2.24, 2.45) is 0 Å². The standard InChI is InChI=1S/C7H9NO3/c1-2-10-6(9)7(5-8)3-4-11-7/h2-4H2,1H3. The molecule has 1 aliphatic heterocycles. The third-order valence-electron chi connectivity index (χ3n) is 1.59. The minimum Gasteiger partial charge on any atom is -0.463 e. The predicted octanol–water partition coefficient (Wildman–Crippen LogP) is 0.232. The van der Waals surface area contributed by atoms with E-state index < -0.39 is 11.6 Å². The summed E-state index contributed by atoms with van der Waals surface area (Å²) in [5.74, 6) is -0.561. The summed E-state index contributed by atoms with van der Waals surface area (Å²) in [6, 6.07) is 1.80. The minimum absolute atomic E-state index is 0.283. The predicted molar refractivity (Wildman–Crippen MR) is 35.5 cm³/mol. The van der Waals surface area contributed by atoms with Gasteiger partial charge in [0.15, 0.2) is 0 Å². The fourth-order valence-corrected chi connectivity index (χ4v) is 0.849. The second kappa shape index (κ2) is 2.89. The Morgan fingerprint density at radius 1 is 1.91 bits per heavy atom. The first-order chi connectivity index (χ1) is 5.25. The maximum absolute atomic E-state index is 11.0. The SMILES string of the molecule is CCOC(=O)C1(C#N)CCO1. The highest BCUT2D eigenvalue weighted by Crippen LogP contribution is 2.26. The highest BCUT2D eigenvalue weighted by atomic mass is 16.6. The van der Waals surface area contributed by atoms with Crippen LogP contribution < -0.4 is 0 Å². The van der Waals surface area contributed by atoms with E-state index in [0.29, 0.717) is 13.0 Å². The van der Waals surface area contributed by atoms with Crippen molar-refractivity contribution in [2.75, 3.05) is 13.2 Å². The van der Waals surface area contributed by atoms with Crippen molar-refractivity contribution in [3.8, 4) is 6.07 Å². The van der Waals surface area contributed by atoms with Gasteiger partial charge in [-0.1, -0.05) is 0 Å². The number of ether oxygens (including phenoxy) is 2. The summed E-state index contributed by atoms with van der Waals surface area (Å²) in [6.45, 7) is 2.44. The zero-order chi connectivity index (χ0) is 8.32. The number of nitriles is 1. The molecule has 0 aliphatic carbocycles. The van der Waals surface area contributed by atoms with Crippen LogP contribution in [0.15, 0.2) is 0 Å². The third-order valence-corrected chi connectivity index (χ3v) is 1.59. The Hall–Kier alpha value is -1.08. The van der Waals surface area contributed by atoms with Crippen LogP contribution in [-0.2, 0) is 14.3 Å². The third kappa shape index (κ3) is 1.19. The van der Waals surface area contributed by atoms with E-state index in [0.717, 1.165) is 0 Å². The minimum atomic E-state index is -1.28. The van der Waals surface area contributed by atoms with Crippen molar-refractivity contribution in [3.63, 3.8) is 0 Å². The number of esters is 1. The molecule has 0 aromatic carbocycles. The van der Waals surface area contributed by atoms with Gasteiger partial charge in [0.2, 0.25) is 0 Å². The Labute approximate surface area is 64.7 Å². The van der Waals surface area contributed by atoms with Gasteiger partial charge in [-0.25, -0.2) is 4.79 Å². The van der Waals surface area contributed by atoms with Gasteiger partial charge in [-0.2, -0.15) is 5.26 Å². The number of carbonyl (C=O) groups excluding carboxylic acids is 1. The molecule has 0 saturated carbocycles. The molecule has 1 rings (SSSR count). The summed E-state index contributed by atoms with van der Waals surface area (Å²) in [4.78, 5) is 11.0. The fourth-order valence-electron chi connectivity index (χ4n) is 0.849. The van der Waals surface area contributed by atoms with E-state index in [9.17, 15) is 4.79 Å². The molecule has 4 heteroatoms. The maximum atomic E-state index is 11.0. The average molecular weight is 155 g/mol. The summed E-state index contributed by atoms with van der Waals surface area (Å²) in [5.41, 5.74) is -1.28. The average Bonchev–Trinajstić information content (AvgIpc) is 1.87. The molecule has 1 saturated heterocycles. The molecule has 11 heavy (non-hydrogen) atoms. The van der Waals surface area contributed by atoms with Crippen molar-refractivity contribution < 1.29 is 14.3 Å². The Bertz CT molecular complexity index is 202. The molecule has 1 fully saturated rings. The molecular weight excluding hydrogens is 146 g/mol. The van der Waals surface area contributed by atoms with Crippen molar-refractivity contribution in [1.82, 2.24) is 0 Å². The highest BCUT2D eigenvalue weighted by molar-refractivity contribution is 5.84. The largest absolute Gasteiger partial charge is 0.463 e. The number of hydrogen-bond donors (Lipinski definition) is 0. The van der Waals surface area contributed by atoms with Crippen LogP contribution in [0.25, 0.3) is 0 Å². The molecular formula is C7H9NO3. The molecule has 4 nitrogen and oxygen atoms in total. The topological polar surface area (TPSA) is 59.3 Å². The van der Waals surface area contributed by atoms with Crippen LogP contribution >= 0.6 is 0 Å². The Balaban J connectivity index is 2.57. The van der Waals surface area contributed by atoms with Gasteiger partial charge in [0.1, 0.15) is 6.07 Å². The van der Waals surface area contributed by atoms with E-state index in [1.54, 1.807) is 13.0 Å². The van der Waals surface area contributed by atoms with E-state index in [-0.39, 0.29) is 6.61 Å². The van der Waals surface area contributed by atoms with E-state index >= 15 is 0 Å².